The van der Waals surface area contributed by atoms with Crippen molar-refractivity contribution >= 4 is 45.2 Å². The molecule has 0 saturated carbocycles. The summed E-state index contributed by atoms with van der Waals surface area (Å²) in [6.45, 7) is 0.636. The van der Waals surface area contributed by atoms with Gasteiger partial charge in [-0.05, 0) is 34.2 Å². The molecule has 0 spiro atoms. The zero-order valence-corrected chi connectivity index (χ0v) is 14.7. The minimum atomic E-state index is -0.243. The number of nitrogen functional groups attached to an aromatic ring is 1. The van der Waals surface area contributed by atoms with Crippen molar-refractivity contribution in [2.75, 3.05) is 5.73 Å². The number of nitrogens with two attached hydrogens (primary N) is 1. The lowest BCUT2D eigenvalue weighted by molar-refractivity contribution is 0.625. The molecule has 1 aliphatic rings. The van der Waals surface area contributed by atoms with Gasteiger partial charge in [0.05, 0.1) is 11.1 Å². The van der Waals surface area contributed by atoms with Crippen LogP contribution < -0.4 is 5.73 Å². The maximum Gasteiger partial charge on any atom is 0.146 e. The van der Waals surface area contributed by atoms with Crippen LogP contribution in [0.1, 0.15) is 12.0 Å². The third-order valence-electron chi connectivity index (χ3n) is 3.99. The second-order valence-corrected chi connectivity index (χ2v) is 6.74. The largest absolute Gasteiger partial charge is 0.383 e. The standard InChI is InChI=1S/C17H13FIN5/c18-12-4-2-1-3-11(12)14-5-10(6-21-14)7-24-8-13(19)15-16(20)22-9-23-17(15)24/h1-4,6,8-9H,5,7H2,(H2,20,22,23). The van der Waals surface area contributed by atoms with Gasteiger partial charge in [0.2, 0.25) is 0 Å². The molecule has 0 atom stereocenters. The number of benzene rings is 1. The van der Waals surface area contributed by atoms with Gasteiger partial charge in [-0.25, -0.2) is 14.4 Å². The first-order valence-corrected chi connectivity index (χ1v) is 8.45. The molecule has 0 aliphatic carbocycles. The molecule has 7 heteroatoms. The summed E-state index contributed by atoms with van der Waals surface area (Å²) in [5.41, 5.74) is 9.15. The molecule has 0 unspecified atom stereocenters. The Hall–Kier alpha value is -2.29. The van der Waals surface area contributed by atoms with Gasteiger partial charge in [-0.3, -0.25) is 4.99 Å². The topological polar surface area (TPSA) is 69.1 Å². The van der Waals surface area contributed by atoms with Crippen LogP contribution in [0, 0.1) is 9.39 Å². The first kappa shape index (κ1) is 15.3. The smallest absolute Gasteiger partial charge is 0.146 e. The predicted octanol–water partition coefficient (Wildman–Crippen LogP) is 3.53. The van der Waals surface area contributed by atoms with Gasteiger partial charge in [-0.1, -0.05) is 18.2 Å². The van der Waals surface area contributed by atoms with E-state index in [0.29, 0.717) is 24.3 Å². The predicted molar refractivity (Wildman–Crippen MR) is 100 cm³/mol. The van der Waals surface area contributed by atoms with E-state index >= 15 is 0 Å². The number of halogens is 2. The summed E-state index contributed by atoms with van der Waals surface area (Å²) in [6.07, 6.45) is 5.90. The molecule has 2 N–H and O–H groups in total. The molecule has 120 valence electrons. The highest BCUT2D eigenvalue weighted by Gasteiger charge is 2.18. The summed E-state index contributed by atoms with van der Waals surface area (Å²) >= 11 is 2.23. The van der Waals surface area contributed by atoms with E-state index in [2.05, 4.69) is 37.6 Å². The maximum absolute atomic E-state index is 13.9. The fraction of sp³-hybridized carbons (Fsp3) is 0.118. The van der Waals surface area contributed by atoms with Gasteiger partial charge in [0.25, 0.3) is 0 Å². The minimum Gasteiger partial charge on any atom is -0.383 e. The van der Waals surface area contributed by atoms with Crippen LogP contribution in [0.25, 0.3) is 11.0 Å². The molecule has 0 fully saturated rings. The fourth-order valence-corrected chi connectivity index (χ4v) is 3.72. The van der Waals surface area contributed by atoms with E-state index in [4.69, 9.17) is 5.73 Å². The number of fused-ring (bicyclic) bond motifs is 1. The summed E-state index contributed by atoms with van der Waals surface area (Å²) in [5.74, 6) is 0.235. The number of nitrogens with zero attached hydrogens (tertiary/aromatic N) is 4. The normalized spacial score (nSPS) is 14.1. The molecule has 24 heavy (non-hydrogen) atoms. The van der Waals surface area contributed by atoms with E-state index in [1.807, 2.05) is 23.0 Å². The van der Waals surface area contributed by atoms with E-state index in [9.17, 15) is 4.39 Å². The van der Waals surface area contributed by atoms with Crippen molar-refractivity contribution in [2.45, 2.75) is 13.0 Å². The van der Waals surface area contributed by atoms with Crippen LogP contribution in [0.5, 0.6) is 0 Å². The summed E-state index contributed by atoms with van der Waals surface area (Å²) < 4.78 is 16.9. The molecule has 3 heterocycles. The Morgan fingerprint density at radius 3 is 2.92 bits per heavy atom. The third kappa shape index (κ3) is 2.58. The molecular weight excluding hydrogens is 420 g/mol. The number of anilines is 1. The molecule has 1 aromatic carbocycles. The molecule has 2 aromatic heterocycles. The highest BCUT2D eigenvalue weighted by atomic mass is 127. The summed E-state index contributed by atoms with van der Waals surface area (Å²) in [5, 5.41) is 0.868. The lowest BCUT2D eigenvalue weighted by Gasteiger charge is -2.07. The van der Waals surface area contributed by atoms with Crippen LogP contribution in [-0.4, -0.2) is 20.2 Å². The van der Waals surface area contributed by atoms with Crippen LogP contribution in [0.4, 0.5) is 10.2 Å². The zero-order valence-electron chi connectivity index (χ0n) is 12.6. The number of aliphatic imine (C=N–C) groups is 1. The van der Waals surface area contributed by atoms with Crippen LogP contribution in [-0.2, 0) is 6.54 Å². The van der Waals surface area contributed by atoms with Crippen molar-refractivity contribution in [3.8, 4) is 0 Å². The number of allylic oxidation sites excluding steroid dienone is 1. The zero-order chi connectivity index (χ0) is 16.7. The average Bonchev–Trinajstić information content (AvgIpc) is 3.14. The molecule has 0 amide bonds. The second kappa shape index (κ2) is 5.97. The van der Waals surface area contributed by atoms with Gasteiger partial charge in [0.15, 0.2) is 0 Å². The molecule has 1 aliphatic heterocycles. The van der Waals surface area contributed by atoms with Gasteiger partial charge in [0.1, 0.15) is 23.6 Å². The Morgan fingerprint density at radius 1 is 1.25 bits per heavy atom. The number of rotatable bonds is 3. The first-order chi connectivity index (χ1) is 11.6. The van der Waals surface area contributed by atoms with Crippen LogP contribution >= 0.6 is 22.6 Å². The number of hydrogen-bond donors (Lipinski definition) is 1. The van der Waals surface area contributed by atoms with Gasteiger partial charge in [-0.15, -0.1) is 0 Å². The van der Waals surface area contributed by atoms with E-state index in [1.54, 1.807) is 12.1 Å². The minimum absolute atomic E-state index is 0.243. The van der Waals surface area contributed by atoms with Crippen molar-refractivity contribution in [2.24, 2.45) is 4.99 Å². The average molecular weight is 433 g/mol. The van der Waals surface area contributed by atoms with Gasteiger partial charge in [-0.2, -0.15) is 0 Å². The summed E-state index contributed by atoms with van der Waals surface area (Å²) in [7, 11) is 0. The highest BCUT2D eigenvalue weighted by Crippen LogP contribution is 2.27. The molecule has 0 saturated heterocycles. The summed E-state index contributed by atoms with van der Waals surface area (Å²) in [6, 6.07) is 6.71. The highest BCUT2D eigenvalue weighted by molar-refractivity contribution is 14.1. The Bertz CT molecular complexity index is 1010. The lowest BCUT2D eigenvalue weighted by Crippen LogP contribution is -2.05. The number of aromatic nitrogens is 3. The molecule has 0 radical (unpaired) electrons. The molecular formula is C17H13FIN5. The quantitative estimate of drug-likeness (QED) is 0.643. The van der Waals surface area contributed by atoms with E-state index in [-0.39, 0.29) is 5.82 Å². The Balaban J connectivity index is 1.59. The molecule has 5 nitrogen and oxygen atoms in total. The van der Waals surface area contributed by atoms with Gasteiger partial charge in [0, 0.05) is 34.5 Å². The van der Waals surface area contributed by atoms with E-state index < -0.39 is 0 Å². The fourth-order valence-electron chi connectivity index (χ4n) is 2.87. The van der Waals surface area contributed by atoms with E-state index in [0.717, 1.165) is 25.9 Å². The molecule has 0 bridgehead atoms. The van der Waals surface area contributed by atoms with Crippen molar-refractivity contribution in [3.63, 3.8) is 0 Å². The van der Waals surface area contributed by atoms with Crippen LogP contribution in [0.15, 0.2) is 53.6 Å². The van der Waals surface area contributed by atoms with Crippen molar-refractivity contribution in [3.05, 3.63) is 63.5 Å². The van der Waals surface area contributed by atoms with Gasteiger partial charge < -0.3 is 10.3 Å². The lowest BCUT2D eigenvalue weighted by atomic mass is 10.0. The van der Waals surface area contributed by atoms with Crippen molar-refractivity contribution < 1.29 is 4.39 Å². The maximum atomic E-state index is 13.9. The third-order valence-corrected chi connectivity index (χ3v) is 4.81. The Morgan fingerprint density at radius 2 is 2.08 bits per heavy atom. The molecule has 4 rings (SSSR count). The molecule has 3 aromatic rings. The monoisotopic (exact) mass is 433 g/mol. The van der Waals surface area contributed by atoms with Crippen molar-refractivity contribution in [1.29, 1.82) is 0 Å². The Labute approximate surface area is 151 Å². The first-order valence-electron chi connectivity index (χ1n) is 7.38. The number of hydrogen-bond acceptors (Lipinski definition) is 4. The van der Waals surface area contributed by atoms with Gasteiger partial charge >= 0.3 is 0 Å². The van der Waals surface area contributed by atoms with Crippen LogP contribution in [0.2, 0.25) is 0 Å². The Kier molecular flexibility index (Phi) is 3.79. The van der Waals surface area contributed by atoms with E-state index in [1.165, 1.54) is 12.4 Å². The van der Waals surface area contributed by atoms with Crippen molar-refractivity contribution in [1.82, 2.24) is 14.5 Å². The second-order valence-electron chi connectivity index (χ2n) is 5.58. The SMILES string of the molecule is Nc1ncnc2c1c(I)cn2CC1=CN=C(c2ccccc2F)C1. The summed E-state index contributed by atoms with van der Waals surface area (Å²) in [4.78, 5) is 12.8. The van der Waals surface area contributed by atoms with Crippen LogP contribution in [0.3, 0.4) is 0 Å².